The van der Waals surface area contributed by atoms with Crippen LogP contribution in [0.5, 0.6) is 0 Å². The fourth-order valence-electron chi connectivity index (χ4n) is 2.65. The summed E-state index contributed by atoms with van der Waals surface area (Å²) in [5, 5.41) is 10.6. The smallest absolute Gasteiger partial charge is 0.185 e. The highest BCUT2D eigenvalue weighted by Crippen LogP contribution is 2.33. The Bertz CT molecular complexity index is 364. The monoisotopic (exact) mass is 254 g/mol. The van der Waals surface area contributed by atoms with Gasteiger partial charge in [-0.15, -0.1) is 0 Å². The van der Waals surface area contributed by atoms with E-state index in [1.807, 2.05) is 0 Å². The first-order valence-electron chi connectivity index (χ1n) is 6.46. The lowest BCUT2D eigenvalue weighted by Gasteiger charge is -2.36. The van der Waals surface area contributed by atoms with E-state index in [0.29, 0.717) is 6.04 Å². The van der Waals surface area contributed by atoms with Crippen LogP contribution in [-0.4, -0.2) is 23.2 Å². The van der Waals surface area contributed by atoms with Gasteiger partial charge in [0.1, 0.15) is 0 Å². The van der Waals surface area contributed by atoms with Crippen molar-refractivity contribution < 1.29 is 5.11 Å². The molecule has 3 atom stereocenters. The number of thiazole rings is 1. The van der Waals surface area contributed by atoms with E-state index in [0.717, 1.165) is 15.9 Å². The summed E-state index contributed by atoms with van der Waals surface area (Å²) in [5.41, 5.74) is 0. The van der Waals surface area contributed by atoms with Crippen molar-refractivity contribution in [1.82, 2.24) is 4.98 Å². The van der Waals surface area contributed by atoms with E-state index < -0.39 is 6.10 Å². The summed E-state index contributed by atoms with van der Waals surface area (Å²) >= 11 is 1.61. The van der Waals surface area contributed by atoms with E-state index in [9.17, 15) is 5.11 Å². The SMILES string of the molecule is CC(O)c1cnc(N(C)C2CCCCC2C)s1. The van der Waals surface area contributed by atoms with Crippen LogP contribution >= 0.6 is 11.3 Å². The predicted octanol–water partition coefficient (Wildman–Crippen LogP) is 3.21. The summed E-state index contributed by atoms with van der Waals surface area (Å²) in [6.07, 6.45) is 6.67. The van der Waals surface area contributed by atoms with Crippen molar-refractivity contribution in [1.29, 1.82) is 0 Å². The first-order chi connectivity index (χ1) is 8.09. The molecule has 1 N–H and O–H groups in total. The van der Waals surface area contributed by atoms with Gasteiger partial charge in [0.2, 0.25) is 0 Å². The van der Waals surface area contributed by atoms with Crippen LogP contribution in [0.25, 0.3) is 0 Å². The van der Waals surface area contributed by atoms with Gasteiger partial charge in [0.25, 0.3) is 0 Å². The van der Waals surface area contributed by atoms with Crippen LogP contribution in [0.3, 0.4) is 0 Å². The molecule has 0 aliphatic heterocycles. The van der Waals surface area contributed by atoms with Crippen molar-refractivity contribution in [2.75, 3.05) is 11.9 Å². The zero-order chi connectivity index (χ0) is 12.4. The molecule has 1 aromatic rings. The zero-order valence-corrected chi connectivity index (χ0v) is 11.7. The summed E-state index contributed by atoms with van der Waals surface area (Å²) in [7, 11) is 2.14. The fraction of sp³-hybridized carbons (Fsp3) is 0.769. The van der Waals surface area contributed by atoms with Crippen molar-refractivity contribution >= 4 is 16.5 Å². The number of hydrogen-bond donors (Lipinski definition) is 1. The van der Waals surface area contributed by atoms with Crippen LogP contribution in [0.1, 0.15) is 50.5 Å². The largest absolute Gasteiger partial charge is 0.388 e. The first kappa shape index (κ1) is 12.8. The highest BCUT2D eigenvalue weighted by atomic mass is 32.1. The number of anilines is 1. The Morgan fingerprint density at radius 2 is 2.18 bits per heavy atom. The molecule has 1 aliphatic rings. The third-order valence-corrected chi connectivity index (χ3v) is 5.05. The molecule has 17 heavy (non-hydrogen) atoms. The van der Waals surface area contributed by atoms with Crippen LogP contribution in [0.4, 0.5) is 5.13 Å². The van der Waals surface area contributed by atoms with Crippen molar-refractivity contribution in [3.8, 4) is 0 Å². The normalized spacial score (nSPS) is 26.8. The van der Waals surface area contributed by atoms with E-state index in [-0.39, 0.29) is 0 Å². The van der Waals surface area contributed by atoms with E-state index in [2.05, 4.69) is 23.9 Å². The fourth-order valence-corrected chi connectivity index (χ4v) is 3.52. The molecule has 4 heteroatoms. The van der Waals surface area contributed by atoms with E-state index >= 15 is 0 Å². The molecule has 0 amide bonds. The lowest BCUT2D eigenvalue weighted by molar-refractivity contribution is 0.203. The Labute approximate surface area is 107 Å². The molecule has 0 aromatic carbocycles. The Morgan fingerprint density at radius 1 is 1.47 bits per heavy atom. The molecule has 1 aliphatic carbocycles. The van der Waals surface area contributed by atoms with E-state index in [1.165, 1.54) is 25.7 Å². The molecule has 2 rings (SSSR count). The molecule has 0 saturated heterocycles. The third-order valence-electron chi connectivity index (χ3n) is 3.79. The maximum atomic E-state index is 9.53. The van der Waals surface area contributed by atoms with Gasteiger partial charge in [0.15, 0.2) is 5.13 Å². The summed E-state index contributed by atoms with van der Waals surface area (Å²) in [6.45, 7) is 4.13. The number of rotatable bonds is 3. The average molecular weight is 254 g/mol. The van der Waals surface area contributed by atoms with Gasteiger partial charge < -0.3 is 10.0 Å². The minimum absolute atomic E-state index is 0.404. The molecular formula is C13H22N2OS. The van der Waals surface area contributed by atoms with Crippen LogP contribution in [0, 0.1) is 5.92 Å². The summed E-state index contributed by atoms with van der Waals surface area (Å²) in [5.74, 6) is 0.743. The Balaban J connectivity index is 2.09. The molecular weight excluding hydrogens is 232 g/mol. The molecule has 3 unspecified atom stereocenters. The van der Waals surface area contributed by atoms with Crippen LogP contribution in [-0.2, 0) is 0 Å². The van der Waals surface area contributed by atoms with Crippen molar-refractivity contribution in [2.24, 2.45) is 5.92 Å². The second-order valence-corrected chi connectivity index (χ2v) is 6.20. The maximum absolute atomic E-state index is 9.53. The second kappa shape index (κ2) is 5.36. The van der Waals surface area contributed by atoms with Crippen LogP contribution in [0.2, 0.25) is 0 Å². The summed E-state index contributed by atoms with van der Waals surface area (Å²) in [4.78, 5) is 7.69. The molecule has 1 heterocycles. The quantitative estimate of drug-likeness (QED) is 0.900. The zero-order valence-electron chi connectivity index (χ0n) is 10.9. The first-order valence-corrected chi connectivity index (χ1v) is 7.28. The minimum Gasteiger partial charge on any atom is -0.388 e. The standard InChI is InChI=1S/C13H22N2OS/c1-9-6-4-5-7-11(9)15(3)13-14-8-12(17-13)10(2)16/h8-11,16H,4-7H2,1-3H3. The van der Waals surface area contributed by atoms with E-state index in [1.54, 1.807) is 24.5 Å². The maximum Gasteiger partial charge on any atom is 0.185 e. The Kier molecular flexibility index (Phi) is 4.05. The minimum atomic E-state index is -0.404. The van der Waals surface area contributed by atoms with Gasteiger partial charge in [-0.05, 0) is 25.7 Å². The van der Waals surface area contributed by atoms with Gasteiger partial charge in [-0.2, -0.15) is 0 Å². The summed E-state index contributed by atoms with van der Waals surface area (Å²) in [6, 6.07) is 0.608. The number of aromatic nitrogens is 1. The van der Waals surface area contributed by atoms with Crippen LogP contribution in [0.15, 0.2) is 6.20 Å². The highest BCUT2D eigenvalue weighted by molar-refractivity contribution is 7.15. The summed E-state index contributed by atoms with van der Waals surface area (Å²) < 4.78 is 0. The molecule has 0 spiro atoms. The highest BCUT2D eigenvalue weighted by Gasteiger charge is 2.26. The predicted molar refractivity (Wildman–Crippen MR) is 72.6 cm³/mol. The van der Waals surface area contributed by atoms with Gasteiger partial charge in [-0.1, -0.05) is 31.1 Å². The van der Waals surface area contributed by atoms with Crippen LogP contribution < -0.4 is 4.90 Å². The van der Waals surface area contributed by atoms with Gasteiger partial charge in [-0.3, -0.25) is 0 Å². The van der Waals surface area contributed by atoms with Gasteiger partial charge >= 0.3 is 0 Å². The third kappa shape index (κ3) is 2.80. The van der Waals surface area contributed by atoms with Gasteiger partial charge in [0, 0.05) is 19.3 Å². The molecule has 0 bridgehead atoms. The topological polar surface area (TPSA) is 36.4 Å². The lowest BCUT2D eigenvalue weighted by Crippen LogP contribution is -2.38. The molecule has 3 nitrogen and oxygen atoms in total. The van der Waals surface area contributed by atoms with Gasteiger partial charge in [-0.25, -0.2) is 4.98 Å². The molecule has 1 aromatic heterocycles. The molecule has 1 fully saturated rings. The van der Waals surface area contributed by atoms with Crippen molar-refractivity contribution in [2.45, 2.75) is 51.7 Å². The Hall–Kier alpha value is -0.610. The van der Waals surface area contributed by atoms with E-state index in [4.69, 9.17) is 0 Å². The number of aliphatic hydroxyl groups is 1. The molecule has 0 radical (unpaired) electrons. The van der Waals surface area contributed by atoms with Crippen molar-refractivity contribution in [3.63, 3.8) is 0 Å². The van der Waals surface area contributed by atoms with Crippen molar-refractivity contribution in [3.05, 3.63) is 11.1 Å². The van der Waals surface area contributed by atoms with Gasteiger partial charge in [0.05, 0.1) is 11.0 Å². The number of aliphatic hydroxyl groups excluding tert-OH is 1. The molecule has 1 saturated carbocycles. The second-order valence-electron chi connectivity index (χ2n) is 5.16. The number of nitrogens with zero attached hydrogens (tertiary/aromatic N) is 2. The average Bonchev–Trinajstić information content (AvgIpc) is 2.78. The lowest BCUT2D eigenvalue weighted by atomic mass is 9.85. The molecule has 96 valence electrons. The Morgan fingerprint density at radius 3 is 2.76 bits per heavy atom. The number of hydrogen-bond acceptors (Lipinski definition) is 4.